The number of nitrogens with zero attached hydrogens (tertiary/aromatic N) is 1. The normalized spacial score (nSPS) is 15.5. The molecule has 0 saturated carbocycles. The first-order chi connectivity index (χ1) is 9.56. The minimum atomic E-state index is -0.862. The molecule has 1 aliphatic rings. The molecule has 5 heteroatoms. The summed E-state index contributed by atoms with van der Waals surface area (Å²) in [6.45, 7) is 3.01. The SMILES string of the molecule is Cc1[nH]c2ccc(Cl)cc2c1C1=CCN(C(=O)O)CC1. The van der Waals surface area contributed by atoms with Crippen LogP contribution in [0.5, 0.6) is 0 Å². The molecule has 20 heavy (non-hydrogen) atoms. The highest BCUT2D eigenvalue weighted by molar-refractivity contribution is 6.31. The Bertz CT molecular complexity index is 718. The summed E-state index contributed by atoms with van der Waals surface area (Å²) in [4.78, 5) is 15.7. The van der Waals surface area contributed by atoms with E-state index in [9.17, 15) is 4.79 Å². The van der Waals surface area contributed by atoms with E-state index in [0.717, 1.165) is 28.6 Å². The number of carbonyl (C=O) groups is 1. The first-order valence-corrected chi connectivity index (χ1v) is 6.89. The zero-order chi connectivity index (χ0) is 14.3. The smallest absolute Gasteiger partial charge is 0.407 e. The van der Waals surface area contributed by atoms with E-state index in [1.54, 1.807) is 0 Å². The molecule has 1 aromatic heterocycles. The Hall–Kier alpha value is -1.94. The van der Waals surface area contributed by atoms with Gasteiger partial charge in [0.2, 0.25) is 0 Å². The minimum Gasteiger partial charge on any atom is -0.465 e. The molecular weight excluding hydrogens is 276 g/mol. The molecule has 0 radical (unpaired) electrons. The molecular formula is C15H15ClN2O2. The maximum atomic E-state index is 10.9. The summed E-state index contributed by atoms with van der Waals surface area (Å²) < 4.78 is 0. The molecule has 2 heterocycles. The fourth-order valence-electron chi connectivity index (χ4n) is 2.78. The third-order valence-electron chi connectivity index (χ3n) is 3.75. The number of amides is 1. The van der Waals surface area contributed by atoms with Crippen molar-refractivity contribution in [2.24, 2.45) is 0 Å². The van der Waals surface area contributed by atoms with Gasteiger partial charge in [0.15, 0.2) is 0 Å². The van der Waals surface area contributed by atoms with Crippen LogP contribution in [0.2, 0.25) is 5.02 Å². The van der Waals surface area contributed by atoms with Gasteiger partial charge in [0.25, 0.3) is 0 Å². The number of rotatable bonds is 1. The highest BCUT2D eigenvalue weighted by Gasteiger charge is 2.20. The van der Waals surface area contributed by atoms with Crippen molar-refractivity contribution >= 4 is 34.2 Å². The van der Waals surface area contributed by atoms with Crippen LogP contribution >= 0.6 is 11.6 Å². The third kappa shape index (κ3) is 2.16. The van der Waals surface area contributed by atoms with Crippen LogP contribution < -0.4 is 0 Å². The average molecular weight is 291 g/mol. The number of halogens is 1. The van der Waals surface area contributed by atoms with Gasteiger partial charge in [-0.05, 0) is 37.1 Å². The standard InChI is InChI=1S/C15H15ClN2O2/c1-9-14(10-4-6-18(7-5-10)15(19)20)12-8-11(16)2-3-13(12)17-9/h2-4,8,17H,5-7H2,1H3,(H,19,20). The van der Waals surface area contributed by atoms with E-state index >= 15 is 0 Å². The Morgan fingerprint density at radius 3 is 2.90 bits per heavy atom. The number of hydrogen-bond acceptors (Lipinski definition) is 1. The quantitative estimate of drug-likeness (QED) is 0.837. The van der Waals surface area contributed by atoms with Crippen LogP contribution in [-0.2, 0) is 0 Å². The van der Waals surface area contributed by atoms with Crippen LogP contribution in [0.1, 0.15) is 17.7 Å². The van der Waals surface area contributed by atoms with Gasteiger partial charge < -0.3 is 15.0 Å². The zero-order valence-corrected chi connectivity index (χ0v) is 11.9. The Labute approximate surface area is 121 Å². The summed E-state index contributed by atoms with van der Waals surface area (Å²) in [5, 5.41) is 10.8. The summed E-state index contributed by atoms with van der Waals surface area (Å²) in [5.41, 5.74) is 4.50. The fourth-order valence-corrected chi connectivity index (χ4v) is 2.95. The lowest BCUT2D eigenvalue weighted by Gasteiger charge is -2.24. The van der Waals surface area contributed by atoms with Gasteiger partial charge in [-0.3, -0.25) is 0 Å². The van der Waals surface area contributed by atoms with Gasteiger partial charge in [-0.2, -0.15) is 0 Å². The molecule has 2 aromatic rings. The van der Waals surface area contributed by atoms with Crippen molar-refractivity contribution < 1.29 is 9.90 Å². The number of aromatic amines is 1. The lowest BCUT2D eigenvalue weighted by atomic mass is 9.97. The van der Waals surface area contributed by atoms with Gasteiger partial charge in [-0.1, -0.05) is 17.7 Å². The topological polar surface area (TPSA) is 56.3 Å². The van der Waals surface area contributed by atoms with Crippen molar-refractivity contribution in [3.63, 3.8) is 0 Å². The van der Waals surface area contributed by atoms with E-state index in [1.807, 2.05) is 31.2 Å². The fraction of sp³-hybridized carbons (Fsp3) is 0.267. The molecule has 104 valence electrons. The molecule has 4 nitrogen and oxygen atoms in total. The highest BCUT2D eigenvalue weighted by Crippen LogP contribution is 2.33. The maximum Gasteiger partial charge on any atom is 0.407 e. The second-order valence-electron chi connectivity index (χ2n) is 5.02. The van der Waals surface area contributed by atoms with Crippen LogP contribution in [0.25, 0.3) is 16.5 Å². The summed E-state index contributed by atoms with van der Waals surface area (Å²) in [6, 6.07) is 5.80. The molecule has 0 bridgehead atoms. The molecule has 2 N–H and O–H groups in total. The number of aromatic nitrogens is 1. The van der Waals surface area contributed by atoms with Crippen molar-refractivity contribution in [1.82, 2.24) is 9.88 Å². The first-order valence-electron chi connectivity index (χ1n) is 6.51. The summed E-state index contributed by atoms with van der Waals surface area (Å²) in [5.74, 6) is 0. The number of hydrogen-bond donors (Lipinski definition) is 2. The Morgan fingerprint density at radius 2 is 2.25 bits per heavy atom. The molecule has 0 atom stereocenters. The van der Waals surface area contributed by atoms with E-state index in [4.69, 9.17) is 16.7 Å². The number of carboxylic acid groups (broad SMARTS) is 1. The average Bonchev–Trinajstić information content (AvgIpc) is 2.74. The van der Waals surface area contributed by atoms with Gasteiger partial charge in [0.05, 0.1) is 0 Å². The van der Waals surface area contributed by atoms with Gasteiger partial charge in [-0.25, -0.2) is 4.79 Å². The number of fused-ring (bicyclic) bond motifs is 1. The van der Waals surface area contributed by atoms with E-state index in [1.165, 1.54) is 10.5 Å². The summed E-state index contributed by atoms with van der Waals surface area (Å²) in [7, 11) is 0. The monoisotopic (exact) mass is 290 g/mol. The molecule has 0 spiro atoms. The summed E-state index contributed by atoms with van der Waals surface area (Å²) in [6.07, 6.45) is 1.86. The maximum absolute atomic E-state index is 10.9. The highest BCUT2D eigenvalue weighted by atomic mass is 35.5. The molecule has 1 amide bonds. The molecule has 1 aromatic carbocycles. The van der Waals surface area contributed by atoms with Crippen molar-refractivity contribution in [3.05, 3.63) is 40.6 Å². The van der Waals surface area contributed by atoms with Gasteiger partial charge in [0.1, 0.15) is 0 Å². The number of aryl methyl sites for hydroxylation is 1. The largest absolute Gasteiger partial charge is 0.465 e. The van der Waals surface area contributed by atoms with E-state index in [-0.39, 0.29) is 0 Å². The van der Waals surface area contributed by atoms with Crippen LogP contribution in [0.4, 0.5) is 4.79 Å². The van der Waals surface area contributed by atoms with Crippen LogP contribution in [0, 0.1) is 6.92 Å². The van der Waals surface area contributed by atoms with Gasteiger partial charge >= 0.3 is 6.09 Å². The Balaban J connectivity index is 2.04. The minimum absolute atomic E-state index is 0.442. The van der Waals surface area contributed by atoms with E-state index < -0.39 is 6.09 Å². The van der Waals surface area contributed by atoms with Gasteiger partial charge in [0, 0.05) is 40.3 Å². The predicted molar refractivity (Wildman–Crippen MR) is 80.2 cm³/mol. The number of H-pyrrole nitrogens is 1. The lowest BCUT2D eigenvalue weighted by molar-refractivity contribution is 0.150. The van der Waals surface area contributed by atoms with Gasteiger partial charge in [-0.15, -0.1) is 0 Å². The Kier molecular flexibility index (Phi) is 3.18. The molecule has 0 aliphatic carbocycles. The summed E-state index contributed by atoms with van der Waals surface area (Å²) >= 11 is 6.08. The van der Waals surface area contributed by atoms with Crippen molar-refractivity contribution in [1.29, 1.82) is 0 Å². The van der Waals surface area contributed by atoms with Crippen LogP contribution in [0.3, 0.4) is 0 Å². The van der Waals surface area contributed by atoms with Crippen LogP contribution in [-0.4, -0.2) is 34.2 Å². The molecule has 1 aliphatic heterocycles. The van der Waals surface area contributed by atoms with Crippen molar-refractivity contribution in [2.45, 2.75) is 13.3 Å². The third-order valence-corrected chi connectivity index (χ3v) is 3.98. The van der Waals surface area contributed by atoms with E-state index in [0.29, 0.717) is 18.1 Å². The van der Waals surface area contributed by atoms with Crippen molar-refractivity contribution in [3.8, 4) is 0 Å². The molecule has 0 unspecified atom stereocenters. The van der Waals surface area contributed by atoms with Crippen LogP contribution in [0.15, 0.2) is 24.3 Å². The number of benzene rings is 1. The molecule has 0 saturated heterocycles. The number of nitrogens with one attached hydrogen (secondary N) is 1. The molecule has 0 fully saturated rings. The predicted octanol–water partition coefficient (Wildman–Crippen LogP) is 3.90. The Morgan fingerprint density at radius 1 is 1.45 bits per heavy atom. The second-order valence-corrected chi connectivity index (χ2v) is 5.46. The molecule has 3 rings (SSSR count). The van der Waals surface area contributed by atoms with Crippen molar-refractivity contribution in [2.75, 3.05) is 13.1 Å². The zero-order valence-electron chi connectivity index (χ0n) is 11.1. The lowest BCUT2D eigenvalue weighted by Crippen LogP contribution is -2.33. The second kappa shape index (κ2) is 4.87. The first kappa shape index (κ1) is 13.1. The van der Waals surface area contributed by atoms with E-state index in [2.05, 4.69) is 4.98 Å².